The standard InChI is InChI=1S/C17H22N6OS/c1-11-8-15(24-20-11)17-16(19-21-25-17)13-4-6-23(7-5-13)10-14-9-18-12(2)22(14)3/h8-9,13H,4-7,10H2,1-3H3. The summed E-state index contributed by atoms with van der Waals surface area (Å²) in [4.78, 5) is 7.91. The first kappa shape index (κ1) is 16.4. The third-order valence-electron chi connectivity index (χ3n) is 5.04. The Morgan fingerprint density at radius 1 is 1.28 bits per heavy atom. The van der Waals surface area contributed by atoms with Gasteiger partial charge in [0.25, 0.3) is 0 Å². The Bertz CT molecular complexity index is 858. The van der Waals surface area contributed by atoms with Gasteiger partial charge in [-0.05, 0) is 51.3 Å². The normalized spacial score (nSPS) is 16.6. The zero-order valence-corrected chi connectivity index (χ0v) is 15.6. The van der Waals surface area contributed by atoms with Crippen molar-refractivity contribution >= 4 is 11.5 Å². The number of piperidine rings is 1. The number of aromatic nitrogens is 5. The molecule has 0 saturated carbocycles. The quantitative estimate of drug-likeness (QED) is 0.714. The van der Waals surface area contributed by atoms with E-state index in [0.29, 0.717) is 5.92 Å². The predicted molar refractivity (Wildman–Crippen MR) is 95.3 cm³/mol. The summed E-state index contributed by atoms with van der Waals surface area (Å²) in [6, 6.07) is 1.96. The van der Waals surface area contributed by atoms with Crippen molar-refractivity contribution in [2.45, 2.75) is 39.2 Å². The molecule has 25 heavy (non-hydrogen) atoms. The van der Waals surface area contributed by atoms with E-state index in [1.807, 2.05) is 26.1 Å². The van der Waals surface area contributed by atoms with Gasteiger partial charge in [-0.2, -0.15) is 0 Å². The van der Waals surface area contributed by atoms with Crippen LogP contribution in [0.3, 0.4) is 0 Å². The number of hydrogen-bond donors (Lipinski definition) is 0. The first-order valence-corrected chi connectivity index (χ1v) is 9.34. The van der Waals surface area contributed by atoms with Crippen molar-refractivity contribution in [1.29, 1.82) is 0 Å². The summed E-state index contributed by atoms with van der Waals surface area (Å²) in [6.07, 6.45) is 4.15. The molecule has 1 saturated heterocycles. The Labute approximate surface area is 150 Å². The van der Waals surface area contributed by atoms with Crippen molar-refractivity contribution in [3.05, 3.63) is 35.2 Å². The second-order valence-electron chi connectivity index (χ2n) is 6.73. The van der Waals surface area contributed by atoms with Crippen LogP contribution in [0, 0.1) is 13.8 Å². The van der Waals surface area contributed by atoms with Crippen LogP contribution in [0.5, 0.6) is 0 Å². The Hall–Kier alpha value is -2.06. The topological polar surface area (TPSA) is 72.9 Å². The summed E-state index contributed by atoms with van der Waals surface area (Å²) in [5.74, 6) is 2.28. The van der Waals surface area contributed by atoms with Crippen molar-refractivity contribution in [2.75, 3.05) is 13.1 Å². The molecule has 0 N–H and O–H groups in total. The molecule has 1 aliphatic heterocycles. The molecule has 3 aromatic rings. The van der Waals surface area contributed by atoms with E-state index < -0.39 is 0 Å². The maximum atomic E-state index is 5.42. The lowest BCUT2D eigenvalue weighted by molar-refractivity contribution is 0.199. The molecule has 1 aliphatic rings. The molecule has 4 heterocycles. The van der Waals surface area contributed by atoms with Crippen molar-refractivity contribution < 1.29 is 4.52 Å². The fraction of sp³-hybridized carbons (Fsp3) is 0.529. The van der Waals surface area contributed by atoms with E-state index in [1.54, 1.807) is 0 Å². The van der Waals surface area contributed by atoms with E-state index in [9.17, 15) is 0 Å². The zero-order chi connectivity index (χ0) is 17.4. The lowest BCUT2D eigenvalue weighted by Gasteiger charge is -2.31. The number of aryl methyl sites for hydroxylation is 2. The van der Waals surface area contributed by atoms with Gasteiger partial charge < -0.3 is 9.09 Å². The molecule has 0 aliphatic carbocycles. The minimum atomic E-state index is 0.434. The summed E-state index contributed by atoms with van der Waals surface area (Å²) in [5.41, 5.74) is 3.22. The Balaban J connectivity index is 1.43. The van der Waals surface area contributed by atoms with E-state index in [4.69, 9.17) is 4.52 Å². The fourth-order valence-electron chi connectivity index (χ4n) is 3.40. The number of rotatable bonds is 4. The van der Waals surface area contributed by atoms with Crippen molar-refractivity contribution in [3.8, 4) is 10.6 Å². The van der Waals surface area contributed by atoms with E-state index >= 15 is 0 Å². The average Bonchev–Trinajstić information content (AvgIpc) is 3.32. The van der Waals surface area contributed by atoms with Gasteiger partial charge in [-0.1, -0.05) is 9.64 Å². The summed E-state index contributed by atoms with van der Waals surface area (Å²) in [7, 11) is 2.08. The highest BCUT2D eigenvalue weighted by Gasteiger charge is 2.27. The second-order valence-corrected chi connectivity index (χ2v) is 7.48. The van der Waals surface area contributed by atoms with Crippen LogP contribution in [-0.4, -0.2) is 42.3 Å². The van der Waals surface area contributed by atoms with Gasteiger partial charge in [-0.25, -0.2) is 4.98 Å². The smallest absolute Gasteiger partial charge is 0.180 e. The molecule has 0 aromatic carbocycles. The van der Waals surface area contributed by atoms with Gasteiger partial charge in [0, 0.05) is 31.8 Å². The molecule has 0 atom stereocenters. The van der Waals surface area contributed by atoms with Gasteiger partial charge in [-0.3, -0.25) is 4.90 Å². The molecule has 4 rings (SSSR count). The van der Waals surface area contributed by atoms with E-state index in [1.165, 1.54) is 17.2 Å². The highest BCUT2D eigenvalue weighted by atomic mass is 32.1. The van der Waals surface area contributed by atoms with Crippen LogP contribution in [0.4, 0.5) is 0 Å². The van der Waals surface area contributed by atoms with Gasteiger partial charge in [0.15, 0.2) is 5.76 Å². The molecular weight excluding hydrogens is 336 g/mol. The van der Waals surface area contributed by atoms with E-state index in [2.05, 4.69) is 36.2 Å². The third-order valence-corrected chi connectivity index (χ3v) is 5.80. The number of nitrogens with zero attached hydrogens (tertiary/aromatic N) is 6. The Morgan fingerprint density at radius 2 is 2.08 bits per heavy atom. The van der Waals surface area contributed by atoms with Crippen LogP contribution in [0.2, 0.25) is 0 Å². The Morgan fingerprint density at radius 3 is 2.72 bits per heavy atom. The van der Waals surface area contributed by atoms with Crippen LogP contribution in [0.1, 0.15) is 41.7 Å². The van der Waals surface area contributed by atoms with Crippen LogP contribution in [-0.2, 0) is 13.6 Å². The van der Waals surface area contributed by atoms with Crippen LogP contribution >= 0.6 is 11.5 Å². The van der Waals surface area contributed by atoms with Crippen molar-refractivity contribution in [3.63, 3.8) is 0 Å². The zero-order valence-electron chi connectivity index (χ0n) is 14.8. The summed E-state index contributed by atoms with van der Waals surface area (Å²) >= 11 is 1.40. The second kappa shape index (κ2) is 6.68. The maximum Gasteiger partial charge on any atom is 0.180 e. The lowest BCUT2D eigenvalue weighted by atomic mass is 9.92. The molecule has 132 valence electrons. The van der Waals surface area contributed by atoms with E-state index in [-0.39, 0.29) is 0 Å². The summed E-state index contributed by atoms with van der Waals surface area (Å²) in [6.45, 7) is 7.04. The van der Waals surface area contributed by atoms with Crippen molar-refractivity contribution in [1.82, 2.24) is 29.2 Å². The van der Waals surface area contributed by atoms with Gasteiger partial charge in [0.1, 0.15) is 10.7 Å². The largest absolute Gasteiger partial charge is 0.355 e. The molecule has 8 heteroatoms. The molecule has 7 nitrogen and oxygen atoms in total. The first-order valence-electron chi connectivity index (χ1n) is 8.57. The van der Waals surface area contributed by atoms with Gasteiger partial charge in [0.05, 0.1) is 17.1 Å². The molecular formula is C17H22N6OS. The SMILES string of the molecule is Cc1cc(-c2snnc2C2CCN(Cc3cnc(C)n3C)CC2)on1. The first-order chi connectivity index (χ1) is 12.1. The van der Waals surface area contributed by atoms with Crippen molar-refractivity contribution in [2.24, 2.45) is 7.05 Å². The maximum absolute atomic E-state index is 5.42. The number of hydrogen-bond acceptors (Lipinski definition) is 7. The summed E-state index contributed by atoms with van der Waals surface area (Å²) in [5, 5.41) is 8.39. The monoisotopic (exact) mass is 358 g/mol. The fourth-order valence-corrected chi connectivity index (χ4v) is 4.09. The Kier molecular flexibility index (Phi) is 4.39. The number of likely N-dealkylation sites (tertiary alicyclic amines) is 1. The molecule has 0 radical (unpaired) electrons. The average molecular weight is 358 g/mol. The summed E-state index contributed by atoms with van der Waals surface area (Å²) < 4.78 is 11.7. The molecule has 1 fully saturated rings. The van der Waals surface area contributed by atoms with Crippen LogP contribution in [0.15, 0.2) is 16.8 Å². The predicted octanol–water partition coefficient (Wildman–Crippen LogP) is 2.92. The lowest BCUT2D eigenvalue weighted by Crippen LogP contribution is -2.33. The van der Waals surface area contributed by atoms with Gasteiger partial charge in [0.2, 0.25) is 0 Å². The minimum absolute atomic E-state index is 0.434. The minimum Gasteiger partial charge on any atom is -0.355 e. The highest BCUT2D eigenvalue weighted by Crippen LogP contribution is 2.36. The van der Waals surface area contributed by atoms with Crippen LogP contribution in [0.25, 0.3) is 10.6 Å². The molecule has 0 amide bonds. The molecule has 3 aromatic heterocycles. The van der Waals surface area contributed by atoms with E-state index in [0.717, 1.165) is 60.3 Å². The van der Waals surface area contributed by atoms with Gasteiger partial charge >= 0.3 is 0 Å². The molecule has 0 spiro atoms. The molecule has 0 unspecified atom stereocenters. The molecule has 0 bridgehead atoms. The van der Waals surface area contributed by atoms with Crippen LogP contribution < -0.4 is 0 Å². The number of imidazole rings is 1. The van der Waals surface area contributed by atoms with Gasteiger partial charge in [-0.15, -0.1) is 5.10 Å². The third kappa shape index (κ3) is 3.23. The highest BCUT2D eigenvalue weighted by molar-refractivity contribution is 7.09.